The second-order valence-electron chi connectivity index (χ2n) is 8.92. The molecule has 0 aromatic heterocycles. The summed E-state index contributed by atoms with van der Waals surface area (Å²) in [5, 5.41) is 3.02. The molecule has 8 nitrogen and oxygen atoms in total. The summed E-state index contributed by atoms with van der Waals surface area (Å²) in [5.74, 6) is 1.25. The predicted octanol–water partition coefficient (Wildman–Crippen LogP) is 1.81. The molecule has 3 atom stereocenters. The molecule has 1 amide bonds. The molecule has 0 aliphatic carbocycles. The lowest BCUT2D eigenvalue weighted by Gasteiger charge is -2.36. The molecule has 2 heterocycles. The number of hydrogen-bond donors (Lipinski definition) is 1. The number of morpholine rings is 1. The number of carbonyl (C=O) groups is 1. The van der Waals surface area contributed by atoms with Crippen LogP contribution < -0.4 is 10.1 Å². The fraction of sp³-hybridized carbons (Fsp3) is 0.682. The monoisotopic (exact) mass is 453 g/mol. The first kappa shape index (κ1) is 24.0. The molecular formula is C22H35N3O5S. The highest BCUT2D eigenvalue weighted by atomic mass is 32.2. The molecular weight excluding hydrogens is 418 g/mol. The number of hydrogen-bond acceptors (Lipinski definition) is 6. The van der Waals surface area contributed by atoms with Gasteiger partial charge in [0.05, 0.1) is 20.3 Å². The Bertz CT molecular complexity index is 860. The number of ether oxygens (including phenoxy) is 2. The van der Waals surface area contributed by atoms with Crippen molar-refractivity contribution in [1.82, 2.24) is 14.5 Å². The molecule has 2 aliphatic heterocycles. The minimum absolute atomic E-state index is 0.0101. The van der Waals surface area contributed by atoms with Crippen molar-refractivity contribution in [1.29, 1.82) is 0 Å². The fourth-order valence-corrected chi connectivity index (χ4v) is 6.22. The van der Waals surface area contributed by atoms with Crippen molar-refractivity contribution in [2.45, 2.75) is 38.1 Å². The van der Waals surface area contributed by atoms with Crippen molar-refractivity contribution in [2.24, 2.45) is 11.8 Å². The van der Waals surface area contributed by atoms with E-state index in [4.69, 9.17) is 9.47 Å². The van der Waals surface area contributed by atoms with E-state index < -0.39 is 10.0 Å². The van der Waals surface area contributed by atoms with Crippen LogP contribution in [0.3, 0.4) is 0 Å². The number of likely N-dealkylation sites (tertiary alicyclic amines) is 1. The summed E-state index contributed by atoms with van der Waals surface area (Å²) in [5.41, 5.74) is 0.305. The topological polar surface area (TPSA) is 88.2 Å². The third kappa shape index (κ3) is 5.97. The van der Waals surface area contributed by atoms with Crippen molar-refractivity contribution in [3.05, 3.63) is 23.8 Å². The van der Waals surface area contributed by atoms with E-state index in [0.717, 1.165) is 19.6 Å². The van der Waals surface area contributed by atoms with Gasteiger partial charge in [-0.1, -0.05) is 13.8 Å². The first-order valence-corrected chi connectivity index (χ1v) is 12.4. The van der Waals surface area contributed by atoms with E-state index in [1.54, 1.807) is 12.1 Å². The number of nitrogens with one attached hydrogen (secondary N) is 1. The van der Waals surface area contributed by atoms with Crippen LogP contribution in [0.25, 0.3) is 0 Å². The second kappa shape index (κ2) is 10.3. The maximum absolute atomic E-state index is 13.1. The Hall–Kier alpha value is -1.68. The molecule has 31 heavy (non-hydrogen) atoms. The van der Waals surface area contributed by atoms with Crippen LogP contribution in [0.2, 0.25) is 0 Å². The normalized spacial score (nSPS) is 24.5. The molecule has 0 bridgehead atoms. The molecule has 9 heteroatoms. The number of benzene rings is 1. The predicted molar refractivity (Wildman–Crippen MR) is 119 cm³/mol. The number of nitrogens with zero attached hydrogens (tertiary/aromatic N) is 2. The van der Waals surface area contributed by atoms with Crippen LogP contribution in [0.4, 0.5) is 0 Å². The molecule has 3 unspecified atom stereocenters. The number of piperidine rings is 1. The quantitative estimate of drug-likeness (QED) is 0.678. The third-order valence-corrected chi connectivity index (χ3v) is 7.79. The third-order valence-electron chi connectivity index (χ3n) is 5.87. The lowest BCUT2D eigenvalue weighted by molar-refractivity contribution is 0.0729. The van der Waals surface area contributed by atoms with Crippen LogP contribution >= 0.6 is 0 Å². The van der Waals surface area contributed by atoms with E-state index in [-0.39, 0.29) is 35.7 Å². The van der Waals surface area contributed by atoms with E-state index in [0.29, 0.717) is 30.6 Å². The standard InChI is InChI=1S/C22H35N3O5S/c1-16-11-17(2)14-24(13-16)15-18(3)23-22(26)19-5-6-20(29-4)21(12-19)31(27,28)25-7-9-30-10-8-25/h5-6,12,16-18H,7-11,13-15H2,1-4H3,(H,23,26). The SMILES string of the molecule is COc1ccc(C(=O)NC(C)CN2CC(C)CC(C)C2)cc1S(=O)(=O)N1CCOCC1. The Kier molecular flexibility index (Phi) is 7.96. The molecule has 1 aromatic carbocycles. The van der Waals surface area contributed by atoms with Crippen LogP contribution in [0.1, 0.15) is 37.6 Å². The summed E-state index contributed by atoms with van der Waals surface area (Å²) in [4.78, 5) is 15.3. The molecule has 3 rings (SSSR count). The van der Waals surface area contributed by atoms with E-state index in [1.165, 1.54) is 23.9 Å². The van der Waals surface area contributed by atoms with Crippen LogP contribution in [0, 0.1) is 11.8 Å². The van der Waals surface area contributed by atoms with Crippen LogP contribution in [-0.4, -0.2) is 82.6 Å². The first-order chi connectivity index (χ1) is 14.7. The zero-order valence-electron chi connectivity index (χ0n) is 19.0. The Morgan fingerprint density at radius 2 is 1.87 bits per heavy atom. The van der Waals surface area contributed by atoms with Crippen LogP contribution in [0.15, 0.2) is 23.1 Å². The highest BCUT2D eigenvalue weighted by Crippen LogP contribution is 2.28. The highest BCUT2D eigenvalue weighted by molar-refractivity contribution is 7.89. The van der Waals surface area contributed by atoms with Gasteiger partial charge in [0.25, 0.3) is 5.91 Å². The van der Waals surface area contributed by atoms with Gasteiger partial charge >= 0.3 is 0 Å². The van der Waals surface area contributed by atoms with E-state index >= 15 is 0 Å². The Balaban J connectivity index is 1.72. The molecule has 2 saturated heterocycles. The van der Waals surface area contributed by atoms with Gasteiger partial charge < -0.3 is 19.7 Å². The summed E-state index contributed by atoms with van der Waals surface area (Å²) in [6, 6.07) is 4.51. The van der Waals surface area contributed by atoms with Crippen molar-refractivity contribution >= 4 is 15.9 Å². The van der Waals surface area contributed by atoms with E-state index in [9.17, 15) is 13.2 Å². The fourth-order valence-electron chi connectivity index (χ4n) is 4.63. The molecule has 0 radical (unpaired) electrons. The lowest BCUT2D eigenvalue weighted by Crippen LogP contribution is -2.47. The Morgan fingerprint density at radius 3 is 2.48 bits per heavy atom. The van der Waals surface area contributed by atoms with E-state index in [2.05, 4.69) is 24.1 Å². The molecule has 174 valence electrons. The molecule has 1 N–H and O–H groups in total. The summed E-state index contributed by atoms with van der Waals surface area (Å²) in [6.07, 6.45) is 1.24. The smallest absolute Gasteiger partial charge is 0.251 e. The van der Waals surface area contributed by atoms with Crippen LogP contribution in [-0.2, 0) is 14.8 Å². The van der Waals surface area contributed by atoms with Gasteiger partial charge in [-0.05, 0) is 43.4 Å². The lowest BCUT2D eigenvalue weighted by atomic mass is 9.92. The summed E-state index contributed by atoms with van der Waals surface area (Å²) < 4.78 is 38.2. The van der Waals surface area contributed by atoms with Gasteiger partial charge in [0.15, 0.2) is 0 Å². The minimum atomic E-state index is -3.78. The van der Waals surface area contributed by atoms with Gasteiger partial charge in [-0.15, -0.1) is 0 Å². The van der Waals surface area contributed by atoms with Crippen LogP contribution in [0.5, 0.6) is 5.75 Å². The zero-order chi connectivity index (χ0) is 22.6. The number of carbonyl (C=O) groups excluding carboxylic acids is 1. The maximum atomic E-state index is 13.1. The highest BCUT2D eigenvalue weighted by Gasteiger charge is 2.30. The maximum Gasteiger partial charge on any atom is 0.251 e. The van der Waals surface area contributed by atoms with Gasteiger partial charge in [0.1, 0.15) is 10.6 Å². The number of rotatable bonds is 7. The van der Waals surface area contributed by atoms with Crippen molar-refractivity contribution in [3.8, 4) is 5.75 Å². The number of amides is 1. The summed E-state index contributed by atoms with van der Waals surface area (Å²) in [7, 11) is -2.36. The van der Waals surface area contributed by atoms with E-state index in [1.807, 2.05) is 6.92 Å². The number of methoxy groups -OCH3 is 1. The Morgan fingerprint density at radius 1 is 1.23 bits per heavy atom. The van der Waals surface area contributed by atoms with Crippen molar-refractivity contribution < 1.29 is 22.7 Å². The summed E-state index contributed by atoms with van der Waals surface area (Å²) >= 11 is 0. The molecule has 2 aliphatic rings. The van der Waals surface area contributed by atoms with Gasteiger partial charge in [0, 0.05) is 44.3 Å². The Labute approximate surface area is 185 Å². The van der Waals surface area contributed by atoms with Gasteiger partial charge in [-0.2, -0.15) is 4.31 Å². The van der Waals surface area contributed by atoms with Crippen molar-refractivity contribution in [3.63, 3.8) is 0 Å². The average molecular weight is 454 g/mol. The van der Waals surface area contributed by atoms with Crippen molar-refractivity contribution in [2.75, 3.05) is 53.0 Å². The van der Waals surface area contributed by atoms with Gasteiger partial charge in [-0.25, -0.2) is 8.42 Å². The molecule has 1 aromatic rings. The molecule has 0 spiro atoms. The minimum Gasteiger partial charge on any atom is -0.495 e. The first-order valence-electron chi connectivity index (χ1n) is 11.0. The molecule has 2 fully saturated rings. The van der Waals surface area contributed by atoms with Gasteiger partial charge in [0.2, 0.25) is 10.0 Å². The molecule has 0 saturated carbocycles. The summed E-state index contributed by atoms with van der Waals surface area (Å²) in [6.45, 7) is 10.6. The second-order valence-corrected chi connectivity index (χ2v) is 10.8. The zero-order valence-corrected chi connectivity index (χ0v) is 19.8. The average Bonchev–Trinajstić information content (AvgIpc) is 2.73. The van der Waals surface area contributed by atoms with Gasteiger partial charge in [-0.3, -0.25) is 4.79 Å². The largest absolute Gasteiger partial charge is 0.495 e. The number of sulfonamides is 1.